The molecule has 3 N–H and O–H groups in total. The van der Waals surface area contributed by atoms with Crippen LogP contribution in [-0.2, 0) is 16.4 Å². The number of carbonyl (C=O) groups excluding carboxylic acids is 2. The quantitative estimate of drug-likeness (QED) is 0.274. The number of hydrogen-bond donors (Lipinski definition) is 2. The second kappa shape index (κ2) is 14.3. The molecule has 0 spiro atoms. The standard InChI is InChI=1S/C32H39F2N5O5S/c1-5-14-39(32(41)36-28-17-25(31(35)40)26(33)18-27(28)34)22-12-15-38(16-13-22)19-21-6-11-29(37-30(21)20(2)3)44-23-7-9-24(10-8-23)45(4,42)43/h6-11,17-18,20,22H,5,12-16,19H2,1-4H3,(H2,35,40)(H,36,41). The topological polar surface area (TPSA) is 135 Å². The molecular weight excluding hydrogens is 604 g/mol. The maximum Gasteiger partial charge on any atom is 0.322 e. The zero-order chi connectivity index (χ0) is 32.9. The molecule has 242 valence electrons. The second-order valence-corrected chi connectivity index (χ2v) is 13.5. The number of aromatic nitrogens is 1. The van der Waals surface area contributed by atoms with E-state index in [4.69, 9.17) is 15.5 Å². The fraction of sp³-hybridized carbons (Fsp3) is 0.406. The number of benzene rings is 2. The van der Waals surface area contributed by atoms with Gasteiger partial charge in [-0.15, -0.1) is 0 Å². The molecule has 1 aromatic heterocycles. The number of amides is 3. The van der Waals surface area contributed by atoms with Crippen LogP contribution in [0.25, 0.3) is 0 Å². The molecule has 0 unspecified atom stereocenters. The Bertz CT molecular complexity index is 1640. The van der Waals surface area contributed by atoms with Crippen LogP contribution in [0, 0.1) is 11.6 Å². The number of carbonyl (C=O) groups is 2. The molecule has 2 heterocycles. The molecule has 10 nitrogen and oxygen atoms in total. The number of primary amides is 1. The maximum absolute atomic E-state index is 14.4. The summed E-state index contributed by atoms with van der Waals surface area (Å²) in [5.74, 6) is -2.12. The first kappa shape index (κ1) is 33.8. The van der Waals surface area contributed by atoms with Crippen molar-refractivity contribution in [2.75, 3.05) is 31.2 Å². The van der Waals surface area contributed by atoms with Gasteiger partial charge in [-0.25, -0.2) is 27.0 Å². The van der Waals surface area contributed by atoms with Crippen molar-refractivity contribution in [1.82, 2.24) is 14.8 Å². The van der Waals surface area contributed by atoms with Gasteiger partial charge in [0.15, 0.2) is 9.84 Å². The van der Waals surface area contributed by atoms with Crippen LogP contribution in [0.15, 0.2) is 53.4 Å². The number of ether oxygens (including phenoxy) is 1. The van der Waals surface area contributed by atoms with Crippen LogP contribution >= 0.6 is 0 Å². The number of anilines is 1. The third-order valence-corrected chi connectivity index (χ3v) is 8.82. The molecule has 2 aromatic carbocycles. The van der Waals surface area contributed by atoms with Crippen molar-refractivity contribution in [3.8, 4) is 11.6 Å². The Morgan fingerprint density at radius 2 is 1.76 bits per heavy atom. The molecule has 1 aliphatic rings. The SMILES string of the molecule is CCCN(C(=O)Nc1cc(C(N)=O)c(F)cc1F)C1CCN(Cc2ccc(Oc3ccc(S(C)(=O)=O)cc3)nc2C(C)C)CC1. The van der Waals surface area contributed by atoms with E-state index >= 15 is 0 Å². The van der Waals surface area contributed by atoms with Gasteiger partial charge in [-0.3, -0.25) is 9.69 Å². The van der Waals surface area contributed by atoms with Crippen molar-refractivity contribution in [2.24, 2.45) is 5.73 Å². The van der Waals surface area contributed by atoms with E-state index in [1.165, 1.54) is 12.1 Å². The maximum atomic E-state index is 14.4. The predicted molar refractivity (Wildman–Crippen MR) is 167 cm³/mol. The Labute approximate surface area is 262 Å². The predicted octanol–water partition coefficient (Wildman–Crippen LogP) is 5.69. The van der Waals surface area contributed by atoms with E-state index in [-0.39, 0.29) is 22.5 Å². The van der Waals surface area contributed by atoms with Crippen LogP contribution in [0.5, 0.6) is 11.6 Å². The Morgan fingerprint density at radius 3 is 2.33 bits per heavy atom. The van der Waals surface area contributed by atoms with Crippen molar-refractivity contribution in [2.45, 2.75) is 63.4 Å². The van der Waals surface area contributed by atoms with Crippen molar-refractivity contribution in [3.63, 3.8) is 0 Å². The molecule has 0 aliphatic carbocycles. The van der Waals surface area contributed by atoms with Gasteiger partial charge in [0, 0.05) is 50.6 Å². The molecule has 0 bridgehead atoms. The van der Waals surface area contributed by atoms with E-state index in [2.05, 4.69) is 24.1 Å². The molecule has 1 fully saturated rings. The number of piperidine rings is 1. The Kier molecular flexibility index (Phi) is 10.8. The normalized spacial score (nSPS) is 14.4. The number of nitrogens with two attached hydrogens (primary N) is 1. The van der Waals surface area contributed by atoms with Crippen LogP contribution in [0.4, 0.5) is 19.3 Å². The highest BCUT2D eigenvalue weighted by molar-refractivity contribution is 7.90. The molecule has 1 aliphatic heterocycles. The van der Waals surface area contributed by atoms with Gasteiger partial charge in [-0.1, -0.05) is 26.8 Å². The largest absolute Gasteiger partial charge is 0.439 e. The first-order valence-corrected chi connectivity index (χ1v) is 16.7. The van der Waals surface area contributed by atoms with Gasteiger partial charge in [0.2, 0.25) is 5.88 Å². The van der Waals surface area contributed by atoms with Gasteiger partial charge >= 0.3 is 6.03 Å². The monoisotopic (exact) mass is 643 g/mol. The van der Waals surface area contributed by atoms with Gasteiger partial charge in [0.25, 0.3) is 5.91 Å². The third kappa shape index (κ3) is 8.54. The number of halogens is 2. The fourth-order valence-corrected chi connectivity index (χ4v) is 6.02. The van der Waals surface area contributed by atoms with E-state index in [1.54, 1.807) is 23.1 Å². The number of sulfone groups is 1. The van der Waals surface area contributed by atoms with Gasteiger partial charge in [-0.2, -0.15) is 0 Å². The Morgan fingerprint density at radius 1 is 1.09 bits per heavy atom. The number of rotatable bonds is 11. The fourth-order valence-electron chi connectivity index (χ4n) is 5.39. The Balaban J connectivity index is 1.40. The van der Waals surface area contributed by atoms with Crippen molar-refractivity contribution < 1.29 is 31.5 Å². The highest BCUT2D eigenvalue weighted by Gasteiger charge is 2.29. The summed E-state index contributed by atoms with van der Waals surface area (Å²) < 4.78 is 57.7. The molecule has 45 heavy (non-hydrogen) atoms. The minimum absolute atomic E-state index is 0.0899. The van der Waals surface area contributed by atoms with Crippen LogP contribution < -0.4 is 15.8 Å². The molecule has 3 amide bonds. The van der Waals surface area contributed by atoms with Gasteiger partial charge in [0.05, 0.1) is 21.8 Å². The molecule has 0 saturated carbocycles. The molecule has 4 rings (SSSR count). The summed E-state index contributed by atoms with van der Waals surface area (Å²) in [4.78, 5) is 33.6. The van der Waals surface area contributed by atoms with E-state index in [0.29, 0.717) is 50.0 Å². The number of nitrogens with zero attached hydrogens (tertiary/aromatic N) is 3. The molecule has 1 saturated heterocycles. The summed E-state index contributed by atoms with van der Waals surface area (Å²) in [5.41, 5.74) is 6.33. The zero-order valence-electron chi connectivity index (χ0n) is 25.8. The first-order chi connectivity index (χ1) is 21.3. The summed E-state index contributed by atoms with van der Waals surface area (Å²) in [7, 11) is -3.30. The average Bonchev–Trinajstić information content (AvgIpc) is 2.98. The van der Waals surface area contributed by atoms with Gasteiger partial charge in [-0.05, 0) is 61.1 Å². The molecule has 13 heteroatoms. The minimum atomic E-state index is -3.30. The van der Waals surface area contributed by atoms with Gasteiger partial charge < -0.3 is 20.7 Å². The van der Waals surface area contributed by atoms with E-state index in [0.717, 1.165) is 36.7 Å². The summed E-state index contributed by atoms with van der Waals surface area (Å²) in [6, 6.07) is 10.8. The van der Waals surface area contributed by atoms with E-state index < -0.39 is 39.0 Å². The lowest BCUT2D eigenvalue weighted by Gasteiger charge is -2.38. The smallest absolute Gasteiger partial charge is 0.322 e. The summed E-state index contributed by atoms with van der Waals surface area (Å²) >= 11 is 0. The van der Waals surface area contributed by atoms with E-state index in [9.17, 15) is 26.8 Å². The minimum Gasteiger partial charge on any atom is -0.439 e. The lowest BCUT2D eigenvalue weighted by Crippen LogP contribution is -2.49. The summed E-state index contributed by atoms with van der Waals surface area (Å²) in [5, 5.41) is 2.49. The van der Waals surface area contributed by atoms with E-state index in [1.807, 2.05) is 13.0 Å². The number of likely N-dealkylation sites (tertiary alicyclic amines) is 1. The summed E-state index contributed by atoms with van der Waals surface area (Å²) in [6.45, 7) is 8.60. The van der Waals surface area contributed by atoms with Crippen LogP contribution in [0.3, 0.4) is 0 Å². The second-order valence-electron chi connectivity index (χ2n) is 11.5. The number of nitrogens with one attached hydrogen (secondary N) is 1. The van der Waals surface area contributed by atoms with Crippen molar-refractivity contribution in [3.05, 3.63) is 77.0 Å². The number of hydrogen-bond acceptors (Lipinski definition) is 7. The van der Waals surface area contributed by atoms with Crippen LogP contribution in [0.2, 0.25) is 0 Å². The molecule has 3 aromatic rings. The average molecular weight is 644 g/mol. The molecule has 0 atom stereocenters. The molecule has 0 radical (unpaired) electrons. The van der Waals surface area contributed by atoms with Crippen LogP contribution in [0.1, 0.15) is 67.6 Å². The van der Waals surface area contributed by atoms with Crippen molar-refractivity contribution in [1.29, 1.82) is 0 Å². The number of urea groups is 1. The lowest BCUT2D eigenvalue weighted by molar-refractivity contribution is 0.0996. The third-order valence-electron chi connectivity index (χ3n) is 7.69. The zero-order valence-corrected chi connectivity index (χ0v) is 26.7. The molecular formula is C32H39F2N5O5S. The van der Waals surface area contributed by atoms with Crippen LogP contribution in [-0.4, -0.2) is 67.1 Å². The lowest BCUT2D eigenvalue weighted by atomic mass is 10.00. The summed E-state index contributed by atoms with van der Waals surface area (Å²) in [6.07, 6.45) is 3.23. The van der Waals surface area contributed by atoms with Crippen molar-refractivity contribution >= 4 is 27.5 Å². The number of pyridine rings is 1. The Hall–Kier alpha value is -4.10. The first-order valence-electron chi connectivity index (χ1n) is 14.8. The highest BCUT2D eigenvalue weighted by Crippen LogP contribution is 2.28. The highest BCUT2D eigenvalue weighted by atomic mass is 32.2. The van der Waals surface area contributed by atoms with Gasteiger partial charge in [0.1, 0.15) is 17.4 Å².